The van der Waals surface area contributed by atoms with Crippen LogP contribution in [0.25, 0.3) is 0 Å². The fourth-order valence-electron chi connectivity index (χ4n) is 2.67. The summed E-state index contributed by atoms with van der Waals surface area (Å²) in [6.45, 7) is 4.49. The second-order valence-corrected chi connectivity index (χ2v) is 5.94. The van der Waals surface area contributed by atoms with Crippen LogP contribution in [-0.2, 0) is 12.8 Å². The third kappa shape index (κ3) is 6.98. The lowest BCUT2D eigenvalue weighted by Crippen LogP contribution is -1.92. The van der Waals surface area contributed by atoms with Crippen LogP contribution in [0.2, 0.25) is 0 Å². The molecule has 1 heteroatoms. The van der Waals surface area contributed by atoms with Crippen LogP contribution in [0.15, 0.2) is 18.2 Å². The minimum Gasteiger partial charge on any atom is -0.508 e. The van der Waals surface area contributed by atoms with Gasteiger partial charge in [0.05, 0.1) is 0 Å². The Bertz CT molecular complexity index is 357. The van der Waals surface area contributed by atoms with Crippen LogP contribution in [0.4, 0.5) is 0 Å². The van der Waals surface area contributed by atoms with Gasteiger partial charge in [-0.2, -0.15) is 0 Å². The van der Waals surface area contributed by atoms with Crippen molar-refractivity contribution in [3.8, 4) is 5.75 Å². The first kappa shape index (κ1) is 17.1. The Labute approximate surface area is 125 Å². The van der Waals surface area contributed by atoms with Crippen molar-refractivity contribution in [3.05, 3.63) is 29.3 Å². The zero-order valence-corrected chi connectivity index (χ0v) is 13.5. The van der Waals surface area contributed by atoms with Gasteiger partial charge in [-0.25, -0.2) is 0 Å². The average molecular weight is 276 g/mol. The van der Waals surface area contributed by atoms with Crippen molar-refractivity contribution in [2.75, 3.05) is 0 Å². The van der Waals surface area contributed by atoms with E-state index in [4.69, 9.17) is 0 Å². The Morgan fingerprint density at radius 1 is 0.750 bits per heavy atom. The molecule has 1 aromatic carbocycles. The molecule has 1 aromatic rings. The quantitative estimate of drug-likeness (QED) is 0.489. The number of phenolic OH excluding ortho intramolecular Hbond substituents is 1. The highest BCUT2D eigenvalue weighted by molar-refractivity contribution is 5.36. The number of benzene rings is 1. The van der Waals surface area contributed by atoms with Gasteiger partial charge in [-0.1, -0.05) is 70.9 Å². The van der Waals surface area contributed by atoms with Crippen molar-refractivity contribution in [2.45, 2.75) is 84.5 Å². The number of aromatic hydroxyl groups is 1. The molecule has 0 unspecified atom stereocenters. The van der Waals surface area contributed by atoms with E-state index < -0.39 is 0 Å². The maximum Gasteiger partial charge on any atom is 0.118 e. The molecule has 0 saturated carbocycles. The van der Waals surface area contributed by atoms with Gasteiger partial charge in [0.1, 0.15) is 5.75 Å². The first-order valence-corrected chi connectivity index (χ1v) is 8.58. The van der Waals surface area contributed by atoms with Gasteiger partial charge in [-0.3, -0.25) is 0 Å². The van der Waals surface area contributed by atoms with Crippen LogP contribution in [0.5, 0.6) is 5.75 Å². The molecule has 0 aliphatic heterocycles. The highest BCUT2D eigenvalue weighted by atomic mass is 16.3. The summed E-state index contributed by atoms with van der Waals surface area (Å²) in [4.78, 5) is 0. The molecule has 114 valence electrons. The van der Waals surface area contributed by atoms with Gasteiger partial charge in [-0.05, 0) is 42.9 Å². The number of hydrogen-bond donors (Lipinski definition) is 1. The molecular weight excluding hydrogens is 244 g/mol. The fourth-order valence-corrected chi connectivity index (χ4v) is 2.67. The van der Waals surface area contributed by atoms with E-state index in [-0.39, 0.29) is 0 Å². The molecule has 0 aromatic heterocycles. The first-order chi connectivity index (χ1) is 9.77. The normalized spacial score (nSPS) is 10.9. The maximum atomic E-state index is 9.95. The van der Waals surface area contributed by atoms with Crippen molar-refractivity contribution in [1.29, 1.82) is 0 Å². The summed E-state index contributed by atoms with van der Waals surface area (Å²) in [5.74, 6) is 0.484. The van der Waals surface area contributed by atoms with Crippen LogP contribution < -0.4 is 0 Å². The van der Waals surface area contributed by atoms with Gasteiger partial charge in [0, 0.05) is 0 Å². The fraction of sp³-hybridized carbons (Fsp3) is 0.684. The molecule has 1 rings (SSSR count). The monoisotopic (exact) mass is 276 g/mol. The zero-order valence-electron chi connectivity index (χ0n) is 13.5. The Kier molecular flexibility index (Phi) is 9.19. The highest BCUT2D eigenvalue weighted by Gasteiger charge is 2.03. The second kappa shape index (κ2) is 10.8. The third-order valence-electron chi connectivity index (χ3n) is 4.01. The van der Waals surface area contributed by atoms with Gasteiger partial charge >= 0.3 is 0 Å². The van der Waals surface area contributed by atoms with Gasteiger partial charge < -0.3 is 5.11 Å². The maximum absolute atomic E-state index is 9.95. The molecule has 0 radical (unpaired) electrons. The molecule has 0 atom stereocenters. The molecule has 0 fully saturated rings. The summed E-state index contributed by atoms with van der Waals surface area (Å²) in [5.41, 5.74) is 2.53. The van der Waals surface area contributed by atoms with Gasteiger partial charge in [-0.15, -0.1) is 0 Å². The molecule has 0 spiro atoms. The van der Waals surface area contributed by atoms with Crippen molar-refractivity contribution in [1.82, 2.24) is 0 Å². The van der Waals surface area contributed by atoms with Crippen LogP contribution in [0.3, 0.4) is 0 Å². The number of unbranched alkanes of at least 4 members (excludes halogenated alkanes) is 7. The Morgan fingerprint density at radius 3 is 2.10 bits per heavy atom. The average Bonchev–Trinajstić information content (AvgIpc) is 2.46. The SMILES string of the molecule is CCCCCCCCc1cc(CCCCC)ccc1O. The lowest BCUT2D eigenvalue weighted by atomic mass is 9.99. The lowest BCUT2D eigenvalue weighted by molar-refractivity contribution is 0.465. The first-order valence-electron chi connectivity index (χ1n) is 8.58. The van der Waals surface area contributed by atoms with Crippen LogP contribution in [-0.4, -0.2) is 5.11 Å². The number of hydrogen-bond acceptors (Lipinski definition) is 1. The van der Waals surface area contributed by atoms with E-state index in [1.54, 1.807) is 0 Å². The molecule has 1 nitrogen and oxygen atoms in total. The van der Waals surface area contributed by atoms with Crippen molar-refractivity contribution < 1.29 is 5.11 Å². The molecule has 1 N–H and O–H groups in total. The molecule has 0 heterocycles. The number of aryl methyl sites for hydroxylation is 2. The second-order valence-electron chi connectivity index (χ2n) is 5.94. The predicted octanol–water partition coefficient (Wildman–Crippen LogP) is 6.03. The Morgan fingerprint density at radius 2 is 1.35 bits per heavy atom. The molecule has 0 aliphatic rings. The molecule has 0 bridgehead atoms. The summed E-state index contributed by atoms with van der Waals surface area (Å²) in [7, 11) is 0. The van der Waals surface area contributed by atoms with E-state index in [1.165, 1.54) is 63.4 Å². The topological polar surface area (TPSA) is 20.2 Å². The van der Waals surface area contributed by atoms with Crippen LogP contribution >= 0.6 is 0 Å². The van der Waals surface area contributed by atoms with Crippen LogP contribution in [0.1, 0.15) is 82.8 Å². The lowest BCUT2D eigenvalue weighted by Gasteiger charge is -2.08. The molecule has 0 aliphatic carbocycles. The standard InChI is InChI=1S/C19H32O/c1-3-5-7-8-9-11-13-18-16-17(12-10-6-4-2)14-15-19(18)20/h14-16,20H,3-13H2,1-2H3. The molecule has 0 amide bonds. The minimum atomic E-state index is 0.484. The Balaban J connectivity index is 2.34. The molecular formula is C19H32O. The summed E-state index contributed by atoms with van der Waals surface area (Å²) in [6, 6.07) is 6.18. The van der Waals surface area contributed by atoms with Crippen molar-refractivity contribution in [2.24, 2.45) is 0 Å². The minimum absolute atomic E-state index is 0.484. The van der Waals surface area contributed by atoms with E-state index in [2.05, 4.69) is 26.0 Å². The highest BCUT2D eigenvalue weighted by Crippen LogP contribution is 2.22. The van der Waals surface area contributed by atoms with Gasteiger partial charge in [0.25, 0.3) is 0 Å². The van der Waals surface area contributed by atoms with E-state index in [1.807, 2.05) is 6.07 Å². The predicted molar refractivity (Wildman–Crippen MR) is 88.4 cm³/mol. The van der Waals surface area contributed by atoms with Crippen molar-refractivity contribution in [3.63, 3.8) is 0 Å². The summed E-state index contributed by atoms with van der Waals surface area (Å²) in [6.07, 6.45) is 13.9. The van der Waals surface area contributed by atoms with Crippen LogP contribution in [0, 0.1) is 0 Å². The van der Waals surface area contributed by atoms with Gasteiger partial charge in [0.15, 0.2) is 0 Å². The smallest absolute Gasteiger partial charge is 0.118 e. The number of phenols is 1. The van der Waals surface area contributed by atoms with E-state index in [0.717, 1.165) is 18.4 Å². The van der Waals surface area contributed by atoms with Crippen molar-refractivity contribution >= 4 is 0 Å². The van der Waals surface area contributed by atoms with E-state index in [9.17, 15) is 5.11 Å². The molecule has 20 heavy (non-hydrogen) atoms. The molecule has 0 saturated heterocycles. The third-order valence-corrected chi connectivity index (χ3v) is 4.01. The summed E-state index contributed by atoms with van der Waals surface area (Å²) >= 11 is 0. The Hall–Kier alpha value is -0.980. The van der Waals surface area contributed by atoms with E-state index >= 15 is 0 Å². The largest absolute Gasteiger partial charge is 0.508 e. The number of rotatable bonds is 11. The summed E-state index contributed by atoms with van der Waals surface area (Å²) in [5, 5.41) is 9.95. The zero-order chi connectivity index (χ0) is 14.6. The van der Waals surface area contributed by atoms with E-state index in [0.29, 0.717) is 5.75 Å². The summed E-state index contributed by atoms with van der Waals surface area (Å²) < 4.78 is 0. The van der Waals surface area contributed by atoms with Gasteiger partial charge in [0.2, 0.25) is 0 Å².